The zero-order valence-electron chi connectivity index (χ0n) is 14.1. The van der Waals surface area contributed by atoms with Gasteiger partial charge in [0.1, 0.15) is 0 Å². The molecule has 0 saturated carbocycles. The van der Waals surface area contributed by atoms with Crippen LogP contribution in [0, 0.1) is 0 Å². The van der Waals surface area contributed by atoms with Crippen LogP contribution in [-0.2, 0) is 4.79 Å². The first kappa shape index (κ1) is 20.2. The van der Waals surface area contributed by atoms with Gasteiger partial charge in [-0.25, -0.2) is 0 Å². The first-order chi connectivity index (χ1) is 10.3. The van der Waals surface area contributed by atoms with Gasteiger partial charge in [-0.15, -0.1) is 0 Å². The third-order valence-corrected chi connectivity index (χ3v) is 3.93. The van der Waals surface area contributed by atoms with Crippen molar-refractivity contribution in [3.8, 4) is 0 Å². The normalized spacial score (nSPS) is 11.3. The second-order valence-corrected chi connectivity index (χ2v) is 6.10. The molecule has 0 radical (unpaired) electrons. The highest BCUT2D eigenvalue weighted by Gasteiger charge is 1.93. The average molecular weight is 296 g/mol. The van der Waals surface area contributed by atoms with Crippen molar-refractivity contribution in [2.75, 3.05) is 0 Å². The molecule has 21 heavy (non-hydrogen) atoms. The lowest BCUT2D eigenvalue weighted by molar-refractivity contribution is -0.136. The number of unbranched alkanes of at least 4 members (excludes halogenated alkanes) is 13. The molecular formula is C19H36O2. The Balaban J connectivity index is 3.02. The van der Waals surface area contributed by atoms with Gasteiger partial charge in [-0.3, -0.25) is 4.79 Å². The molecular weight excluding hydrogens is 260 g/mol. The van der Waals surface area contributed by atoms with Crippen LogP contribution in [0.5, 0.6) is 0 Å². The minimum Gasteiger partial charge on any atom is -0.481 e. The van der Waals surface area contributed by atoms with Crippen LogP contribution < -0.4 is 0 Å². The summed E-state index contributed by atoms with van der Waals surface area (Å²) in [6.45, 7) is 2.27. The zero-order valence-corrected chi connectivity index (χ0v) is 14.1. The fourth-order valence-corrected chi connectivity index (χ4v) is 2.58. The third kappa shape index (κ3) is 19.2. The average Bonchev–Trinajstić information content (AvgIpc) is 2.46. The molecule has 124 valence electrons. The maximum atomic E-state index is 10.3. The van der Waals surface area contributed by atoms with E-state index in [1.165, 1.54) is 83.5 Å². The number of carboxylic acid groups (broad SMARTS) is 1. The molecule has 0 atom stereocenters. The fraction of sp³-hybridized carbons (Fsp3) is 0.842. The van der Waals surface area contributed by atoms with E-state index in [-0.39, 0.29) is 6.42 Å². The van der Waals surface area contributed by atoms with E-state index in [0.29, 0.717) is 0 Å². The lowest BCUT2D eigenvalue weighted by atomic mass is 10.0. The van der Waals surface area contributed by atoms with Gasteiger partial charge in [0, 0.05) is 0 Å². The molecule has 0 aromatic carbocycles. The highest BCUT2D eigenvalue weighted by Crippen LogP contribution is 2.12. The lowest BCUT2D eigenvalue weighted by Crippen LogP contribution is -1.89. The first-order valence-corrected chi connectivity index (χ1v) is 9.14. The van der Waals surface area contributed by atoms with Gasteiger partial charge in [-0.05, 0) is 12.8 Å². The molecule has 0 fully saturated rings. The Morgan fingerprint density at radius 1 is 0.714 bits per heavy atom. The number of allylic oxidation sites excluding steroid dienone is 1. The Bertz CT molecular complexity index is 246. The summed E-state index contributed by atoms with van der Waals surface area (Å²) in [5.74, 6) is -0.739. The molecule has 0 saturated heterocycles. The van der Waals surface area contributed by atoms with Gasteiger partial charge in [-0.2, -0.15) is 0 Å². The maximum absolute atomic E-state index is 10.3. The van der Waals surface area contributed by atoms with E-state index in [4.69, 9.17) is 5.11 Å². The third-order valence-electron chi connectivity index (χ3n) is 3.93. The molecule has 0 spiro atoms. The van der Waals surface area contributed by atoms with Gasteiger partial charge in [-0.1, -0.05) is 96.1 Å². The zero-order chi connectivity index (χ0) is 15.6. The summed E-state index contributed by atoms with van der Waals surface area (Å²) in [5, 5.41) is 8.48. The lowest BCUT2D eigenvalue weighted by Gasteiger charge is -2.02. The van der Waals surface area contributed by atoms with Crippen LogP contribution in [-0.4, -0.2) is 11.1 Å². The molecule has 0 aromatic rings. The Hall–Kier alpha value is -0.790. The summed E-state index contributed by atoms with van der Waals surface area (Å²) in [5.41, 5.74) is 0. The minimum absolute atomic E-state index is 0.165. The van der Waals surface area contributed by atoms with Crippen LogP contribution in [0.3, 0.4) is 0 Å². The van der Waals surface area contributed by atoms with Gasteiger partial charge >= 0.3 is 5.97 Å². The minimum atomic E-state index is -0.739. The SMILES string of the molecule is CCCCCCCCCCCCCCCC=CCC(=O)O. The van der Waals surface area contributed by atoms with Crippen LogP contribution in [0.2, 0.25) is 0 Å². The summed E-state index contributed by atoms with van der Waals surface area (Å²) in [6.07, 6.45) is 22.9. The van der Waals surface area contributed by atoms with Crippen molar-refractivity contribution >= 4 is 5.97 Å². The molecule has 0 unspecified atom stereocenters. The maximum Gasteiger partial charge on any atom is 0.307 e. The van der Waals surface area contributed by atoms with Crippen LogP contribution >= 0.6 is 0 Å². The molecule has 0 aromatic heterocycles. The number of carbonyl (C=O) groups is 1. The number of rotatable bonds is 16. The van der Waals surface area contributed by atoms with Crippen molar-refractivity contribution in [3.05, 3.63) is 12.2 Å². The van der Waals surface area contributed by atoms with Crippen molar-refractivity contribution in [1.29, 1.82) is 0 Å². The molecule has 2 heteroatoms. The van der Waals surface area contributed by atoms with E-state index in [9.17, 15) is 4.79 Å². The predicted molar refractivity (Wildman–Crippen MR) is 91.7 cm³/mol. The molecule has 2 nitrogen and oxygen atoms in total. The van der Waals surface area contributed by atoms with Crippen molar-refractivity contribution in [3.63, 3.8) is 0 Å². The summed E-state index contributed by atoms with van der Waals surface area (Å²) in [4.78, 5) is 10.3. The summed E-state index contributed by atoms with van der Waals surface area (Å²) >= 11 is 0. The van der Waals surface area contributed by atoms with Crippen molar-refractivity contribution in [1.82, 2.24) is 0 Å². The monoisotopic (exact) mass is 296 g/mol. The number of aliphatic carboxylic acids is 1. The van der Waals surface area contributed by atoms with E-state index in [2.05, 4.69) is 6.92 Å². The van der Waals surface area contributed by atoms with Gasteiger partial charge in [0.2, 0.25) is 0 Å². The van der Waals surface area contributed by atoms with Gasteiger partial charge in [0.15, 0.2) is 0 Å². The smallest absolute Gasteiger partial charge is 0.307 e. The number of hydrogen-bond donors (Lipinski definition) is 1. The van der Waals surface area contributed by atoms with Crippen molar-refractivity contribution in [2.24, 2.45) is 0 Å². The Kier molecular flexibility index (Phi) is 16.6. The van der Waals surface area contributed by atoms with Gasteiger partial charge in [0.25, 0.3) is 0 Å². The Morgan fingerprint density at radius 2 is 1.14 bits per heavy atom. The van der Waals surface area contributed by atoms with Crippen LogP contribution in [0.1, 0.15) is 103 Å². The summed E-state index contributed by atoms with van der Waals surface area (Å²) < 4.78 is 0. The second-order valence-electron chi connectivity index (χ2n) is 6.10. The number of hydrogen-bond acceptors (Lipinski definition) is 1. The molecule has 0 rings (SSSR count). The largest absolute Gasteiger partial charge is 0.481 e. The molecule has 0 aliphatic rings. The van der Waals surface area contributed by atoms with E-state index in [0.717, 1.165) is 6.42 Å². The van der Waals surface area contributed by atoms with Crippen molar-refractivity contribution in [2.45, 2.75) is 103 Å². The van der Waals surface area contributed by atoms with E-state index >= 15 is 0 Å². The quantitative estimate of drug-likeness (QED) is 0.261. The van der Waals surface area contributed by atoms with Crippen LogP contribution in [0.25, 0.3) is 0 Å². The molecule has 1 N–H and O–H groups in total. The predicted octanol–water partition coefficient (Wildman–Crippen LogP) is 6.50. The van der Waals surface area contributed by atoms with E-state index in [1.54, 1.807) is 6.08 Å². The highest BCUT2D eigenvalue weighted by atomic mass is 16.4. The fourth-order valence-electron chi connectivity index (χ4n) is 2.58. The highest BCUT2D eigenvalue weighted by molar-refractivity contribution is 5.68. The van der Waals surface area contributed by atoms with Crippen molar-refractivity contribution < 1.29 is 9.90 Å². The molecule has 0 amide bonds. The summed E-state index contributed by atoms with van der Waals surface area (Å²) in [7, 11) is 0. The van der Waals surface area contributed by atoms with Crippen LogP contribution in [0.4, 0.5) is 0 Å². The van der Waals surface area contributed by atoms with E-state index < -0.39 is 5.97 Å². The second kappa shape index (κ2) is 17.3. The Labute approximate surface area is 132 Å². The first-order valence-electron chi connectivity index (χ1n) is 9.14. The molecule has 0 bridgehead atoms. The van der Waals surface area contributed by atoms with Gasteiger partial charge in [0.05, 0.1) is 6.42 Å². The molecule has 0 aliphatic heterocycles. The van der Waals surface area contributed by atoms with Crippen LogP contribution in [0.15, 0.2) is 12.2 Å². The summed E-state index contributed by atoms with van der Waals surface area (Å²) in [6, 6.07) is 0. The molecule has 0 heterocycles. The topological polar surface area (TPSA) is 37.3 Å². The Morgan fingerprint density at radius 3 is 1.57 bits per heavy atom. The molecule has 0 aliphatic carbocycles. The number of carboxylic acids is 1. The van der Waals surface area contributed by atoms with E-state index in [1.807, 2.05) is 6.08 Å². The van der Waals surface area contributed by atoms with Gasteiger partial charge < -0.3 is 5.11 Å². The standard InChI is InChI=1S/C19H36O2/c1-2-3-4-5-6-7-8-9-10-11-12-13-14-15-16-17-18-19(20)21/h16-17H,2-15,18H2,1H3,(H,20,21).